The summed E-state index contributed by atoms with van der Waals surface area (Å²) in [6, 6.07) is 15.2. The van der Waals surface area contributed by atoms with E-state index in [9.17, 15) is 4.79 Å². The minimum Gasteiger partial charge on any atom is -0.491 e. The van der Waals surface area contributed by atoms with Gasteiger partial charge in [-0.15, -0.1) is 0 Å². The van der Waals surface area contributed by atoms with Crippen molar-refractivity contribution in [3.05, 3.63) is 70.9 Å². The van der Waals surface area contributed by atoms with Crippen molar-refractivity contribution in [3.8, 4) is 5.75 Å². The summed E-state index contributed by atoms with van der Waals surface area (Å²) in [5.74, 6) is 0.648. The summed E-state index contributed by atoms with van der Waals surface area (Å²) in [6.07, 6.45) is 1.80. The molecule has 2 aromatic carbocycles. The van der Waals surface area contributed by atoms with E-state index < -0.39 is 5.97 Å². The Balaban J connectivity index is 1.87. The van der Waals surface area contributed by atoms with Crippen LogP contribution in [-0.4, -0.2) is 18.0 Å². The molecule has 0 aromatic heterocycles. The molecular weight excluding hydrogens is 302 g/mol. The Morgan fingerprint density at radius 1 is 1.12 bits per heavy atom. The molecule has 0 unspecified atom stereocenters. The lowest BCUT2D eigenvalue weighted by molar-refractivity contribution is -0.129. The molecule has 0 aliphatic carbocycles. The lowest BCUT2D eigenvalue weighted by Crippen LogP contribution is -2.05. The highest BCUT2D eigenvalue weighted by molar-refractivity contribution is 6.12. The Labute approximate surface area is 141 Å². The number of ether oxygens (including phenoxy) is 2. The van der Waals surface area contributed by atoms with Crippen molar-refractivity contribution in [1.82, 2.24) is 0 Å². The summed E-state index contributed by atoms with van der Waals surface area (Å²) in [6.45, 7) is 5.94. The smallest absolute Gasteiger partial charge is 0.363 e. The van der Waals surface area contributed by atoms with Gasteiger partial charge in [-0.1, -0.05) is 29.8 Å². The summed E-state index contributed by atoms with van der Waals surface area (Å²) in [7, 11) is 0. The normalized spacial score (nSPS) is 15.6. The van der Waals surface area contributed by atoms with Crippen LogP contribution in [0.1, 0.15) is 30.5 Å². The Kier molecular flexibility index (Phi) is 4.47. The van der Waals surface area contributed by atoms with Gasteiger partial charge in [0, 0.05) is 5.56 Å². The van der Waals surface area contributed by atoms with Gasteiger partial charge < -0.3 is 9.47 Å². The molecule has 0 fully saturated rings. The monoisotopic (exact) mass is 321 g/mol. The van der Waals surface area contributed by atoms with Crippen molar-refractivity contribution in [2.24, 2.45) is 4.99 Å². The standard InChI is InChI=1S/C20H19NO3/c1-13(2)23-17-6-4-5-15(11-17)12-18-20(22)24-19(21-18)16-9-7-14(3)8-10-16/h4-13H,1-3H3/b18-12-. The maximum absolute atomic E-state index is 12.1. The minimum absolute atomic E-state index is 0.0931. The van der Waals surface area contributed by atoms with Gasteiger partial charge in [-0.3, -0.25) is 0 Å². The second-order valence-corrected chi connectivity index (χ2v) is 5.94. The summed E-state index contributed by atoms with van der Waals surface area (Å²) in [5, 5.41) is 0. The number of rotatable bonds is 4. The third kappa shape index (κ3) is 3.71. The average Bonchev–Trinajstić information content (AvgIpc) is 2.89. The Morgan fingerprint density at radius 3 is 2.58 bits per heavy atom. The highest BCUT2D eigenvalue weighted by Crippen LogP contribution is 2.22. The Bertz CT molecular complexity index is 817. The minimum atomic E-state index is -0.444. The Hall–Kier alpha value is -2.88. The molecule has 3 rings (SSSR count). The van der Waals surface area contributed by atoms with Crippen LogP contribution in [-0.2, 0) is 9.53 Å². The predicted octanol–water partition coefficient (Wildman–Crippen LogP) is 4.13. The fraction of sp³-hybridized carbons (Fsp3) is 0.200. The molecule has 0 atom stereocenters. The number of hydrogen-bond donors (Lipinski definition) is 0. The van der Waals surface area contributed by atoms with E-state index in [0.717, 1.165) is 22.4 Å². The number of nitrogens with zero attached hydrogens (tertiary/aromatic N) is 1. The summed E-state index contributed by atoms with van der Waals surface area (Å²) in [5.41, 5.74) is 3.05. The van der Waals surface area contributed by atoms with Crippen LogP contribution in [0, 0.1) is 6.92 Å². The van der Waals surface area contributed by atoms with Crippen molar-refractivity contribution < 1.29 is 14.3 Å². The van der Waals surface area contributed by atoms with Gasteiger partial charge in [-0.2, -0.15) is 0 Å². The van der Waals surface area contributed by atoms with E-state index in [2.05, 4.69) is 4.99 Å². The number of carbonyl (C=O) groups excluding carboxylic acids is 1. The number of hydrogen-bond acceptors (Lipinski definition) is 4. The van der Waals surface area contributed by atoms with Crippen LogP contribution in [0.5, 0.6) is 5.75 Å². The van der Waals surface area contributed by atoms with E-state index >= 15 is 0 Å². The lowest BCUT2D eigenvalue weighted by atomic mass is 10.1. The highest BCUT2D eigenvalue weighted by atomic mass is 16.6. The van der Waals surface area contributed by atoms with E-state index in [4.69, 9.17) is 9.47 Å². The largest absolute Gasteiger partial charge is 0.491 e. The number of aliphatic imine (C=N–C) groups is 1. The number of carbonyl (C=O) groups is 1. The number of cyclic esters (lactones) is 1. The quantitative estimate of drug-likeness (QED) is 0.628. The van der Waals surface area contributed by atoms with Crippen LogP contribution < -0.4 is 4.74 Å². The van der Waals surface area contributed by atoms with Crippen molar-refractivity contribution in [2.75, 3.05) is 0 Å². The number of esters is 1. The van der Waals surface area contributed by atoms with Crippen LogP contribution in [0.4, 0.5) is 0 Å². The second kappa shape index (κ2) is 6.71. The molecule has 0 amide bonds. The first-order valence-corrected chi connectivity index (χ1v) is 7.87. The van der Waals surface area contributed by atoms with Crippen molar-refractivity contribution >= 4 is 17.9 Å². The third-order valence-corrected chi connectivity index (χ3v) is 3.45. The van der Waals surface area contributed by atoms with Gasteiger partial charge in [0.05, 0.1) is 6.10 Å². The summed E-state index contributed by atoms with van der Waals surface area (Å²) in [4.78, 5) is 16.4. The van der Waals surface area contributed by atoms with Crippen LogP contribution >= 0.6 is 0 Å². The van der Waals surface area contributed by atoms with Crippen molar-refractivity contribution in [2.45, 2.75) is 26.9 Å². The fourth-order valence-electron chi connectivity index (χ4n) is 2.34. The molecule has 0 N–H and O–H groups in total. The van der Waals surface area contributed by atoms with Crippen molar-refractivity contribution in [3.63, 3.8) is 0 Å². The highest BCUT2D eigenvalue weighted by Gasteiger charge is 2.24. The second-order valence-electron chi connectivity index (χ2n) is 5.94. The number of benzene rings is 2. The zero-order valence-electron chi connectivity index (χ0n) is 13.9. The van der Waals surface area contributed by atoms with Crippen LogP contribution in [0.25, 0.3) is 6.08 Å². The van der Waals surface area contributed by atoms with Gasteiger partial charge in [0.1, 0.15) is 5.75 Å². The predicted molar refractivity (Wildman–Crippen MR) is 94.0 cm³/mol. The van der Waals surface area contributed by atoms with E-state index in [-0.39, 0.29) is 11.8 Å². The third-order valence-electron chi connectivity index (χ3n) is 3.45. The van der Waals surface area contributed by atoms with E-state index in [0.29, 0.717) is 5.90 Å². The molecule has 122 valence electrons. The maximum atomic E-state index is 12.1. The molecule has 1 aliphatic heterocycles. The van der Waals surface area contributed by atoms with E-state index in [1.807, 2.05) is 69.3 Å². The van der Waals surface area contributed by atoms with Gasteiger partial charge in [0.15, 0.2) is 5.70 Å². The van der Waals surface area contributed by atoms with Gasteiger partial charge in [0.2, 0.25) is 5.90 Å². The summed E-state index contributed by atoms with van der Waals surface area (Å²) < 4.78 is 10.9. The zero-order valence-corrected chi connectivity index (χ0v) is 13.9. The maximum Gasteiger partial charge on any atom is 0.363 e. The molecule has 2 aromatic rings. The fourth-order valence-corrected chi connectivity index (χ4v) is 2.34. The van der Waals surface area contributed by atoms with Gasteiger partial charge in [-0.05, 0) is 56.7 Å². The van der Waals surface area contributed by atoms with Crippen LogP contribution in [0.15, 0.2) is 59.2 Å². The van der Waals surface area contributed by atoms with Crippen LogP contribution in [0.2, 0.25) is 0 Å². The molecular formula is C20H19NO3. The van der Waals surface area contributed by atoms with Gasteiger partial charge >= 0.3 is 5.97 Å². The molecule has 1 aliphatic rings. The molecule has 4 nitrogen and oxygen atoms in total. The van der Waals surface area contributed by atoms with E-state index in [1.165, 1.54) is 0 Å². The van der Waals surface area contributed by atoms with Crippen molar-refractivity contribution in [1.29, 1.82) is 0 Å². The molecule has 0 saturated carbocycles. The molecule has 4 heteroatoms. The van der Waals surface area contributed by atoms with Gasteiger partial charge in [-0.25, -0.2) is 9.79 Å². The summed E-state index contributed by atoms with van der Waals surface area (Å²) >= 11 is 0. The molecule has 0 saturated heterocycles. The van der Waals surface area contributed by atoms with E-state index in [1.54, 1.807) is 6.08 Å². The number of aryl methyl sites for hydroxylation is 1. The van der Waals surface area contributed by atoms with Gasteiger partial charge in [0.25, 0.3) is 0 Å². The molecule has 0 bridgehead atoms. The first kappa shape index (κ1) is 16.0. The first-order valence-electron chi connectivity index (χ1n) is 7.87. The Morgan fingerprint density at radius 2 is 1.88 bits per heavy atom. The SMILES string of the molecule is Cc1ccc(C2=N/C(=C\c3cccc(OC(C)C)c3)C(=O)O2)cc1. The topological polar surface area (TPSA) is 47.9 Å². The molecule has 24 heavy (non-hydrogen) atoms. The zero-order chi connectivity index (χ0) is 17.1. The molecule has 0 spiro atoms. The lowest BCUT2D eigenvalue weighted by Gasteiger charge is -2.09. The first-order chi connectivity index (χ1) is 11.5. The molecule has 0 radical (unpaired) electrons. The average molecular weight is 321 g/mol. The molecule has 1 heterocycles. The van der Waals surface area contributed by atoms with Crippen LogP contribution in [0.3, 0.4) is 0 Å².